The second-order valence-electron chi connectivity index (χ2n) is 6.04. The summed E-state index contributed by atoms with van der Waals surface area (Å²) in [6.45, 7) is 1.93. The van der Waals surface area contributed by atoms with Gasteiger partial charge in [-0.1, -0.05) is 36.0 Å². The van der Waals surface area contributed by atoms with Gasteiger partial charge in [-0.3, -0.25) is 4.79 Å². The zero-order valence-electron chi connectivity index (χ0n) is 16.0. The number of para-hydroxylation sites is 1. The molecule has 6 nitrogen and oxygen atoms in total. The van der Waals surface area contributed by atoms with Crippen LogP contribution >= 0.6 is 23.5 Å². The van der Waals surface area contributed by atoms with Crippen molar-refractivity contribution in [2.75, 3.05) is 17.3 Å². The standard InChI is InChI=1S/C20H22N4O2S2/c1-14(26-16-9-5-4-6-10-16)19-22-23-20(24(19)2)28-13-18(25)21-15-8-7-11-17(12-15)27-3/h4-12,14H,13H2,1-3H3,(H,21,25)/t14-/m1/s1. The summed E-state index contributed by atoms with van der Waals surface area (Å²) < 4.78 is 7.77. The lowest BCUT2D eigenvalue weighted by Gasteiger charge is -2.14. The van der Waals surface area contributed by atoms with E-state index >= 15 is 0 Å². The molecular weight excluding hydrogens is 392 g/mol. The zero-order chi connectivity index (χ0) is 19.9. The van der Waals surface area contributed by atoms with Crippen molar-refractivity contribution in [3.63, 3.8) is 0 Å². The summed E-state index contributed by atoms with van der Waals surface area (Å²) in [5.41, 5.74) is 0.793. The number of carbonyl (C=O) groups is 1. The van der Waals surface area contributed by atoms with Crippen LogP contribution in [-0.2, 0) is 11.8 Å². The number of carbonyl (C=O) groups excluding carboxylic acids is 1. The van der Waals surface area contributed by atoms with Crippen molar-refractivity contribution in [3.8, 4) is 5.75 Å². The van der Waals surface area contributed by atoms with Gasteiger partial charge >= 0.3 is 0 Å². The normalized spacial score (nSPS) is 11.8. The van der Waals surface area contributed by atoms with Crippen LogP contribution in [0.5, 0.6) is 5.75 Å². The first kappa shape index (κ1) is 20.3. The first-order valence-electron chi connectivity index (χ1n) is 8.74. The highest BCUT2D eigenvalue weighted by molar-refractivity contribution is 7.99. The molecule has 0 bridgehead atoms. The molecule has 1 amide bonds. The van der Waals surface area contributed by atoms with Crippen molar-refractivity contribution in [2.45, 2.75) is 23.1 Å². The Hall–Kier alpha value is -2.45. The van der Waals surface area contributed by atoms with Crippen LogP contribution in [0.25, 0.3) is 0 Å². The summed E-state index contributed by atoms with van der Waals surface area (Å²) in [4.78, 5) is 13.4. The van der Waals surface area contributed by atoms with Crippen LogP contribution in [0.1, 0.15) is 18.9 Å². The maximum Gasteiger partial charge on any atom is 0.234 e. The smallest absolute Gasteiger partial charge is 0.234 e. The van der Waals surface area contributed by atoms with Crippen LogP contribution in [0, 0.1) is 0 Å². The summed E-state index contributed by atoms with van der Waals surface area (Å²) in [5, 5.41) is 12.0. The third-order valence-electron chi connectivity index (χ3n) is 3.97. The van der Waals surface area contributed by atoms with E-state index in [9.17, 15) is 4.79 Å². The Kier molecular flexibility index (Phi) is 7.00. The molecule has 0 saturated heterocycles. The van der Waals surface area contributed by atoms with Gasteiger partial charge in [0, 0.05) is 17.6 Å². The quantitative estimate of drug-likeness (QED) is 0.551. The maximum atomic E-state index is 12.3. The Labute approximate surface area is 173 Å². The molecule has 1 aromatic heterocycles. The summed E-state index contributed by atoms with van der Waals surface area (Å²) >= 11 is 2.98. The Bertz CT molecular complexity index is 931. The summed E-state index contributed by atoms with van der Waals surface area (Å²) in [7, 11) is 1.88. The molecular formula is C20H22N4O2S2. The molecule has 0 aliphatic carbocycles. The molecule has 3 aromatic rings. The number of thioether (sulfide) groups is 2. The predicted octanol–water partition coefficient (Wildman–Crippen LogP) is 4.41. The molecule has 3 rings (SSSR count). The largest absolute Gasteiger partial charge is 0.483 e. The monoisotopic (exact) mass is 414 g/mol. The van der Waals surface area contributed by atoms with E-state index in [1.54, 1.807) is 11.8 Å². The molecule has 8 heteroatoms. The third kappa shape index (κ3) is 5.30. The fraction of sp³-hybridized carbons (Fsp3) is 0.250. The van der Waals surface area contributed by atoms with E-state index in [1.807, 2.05) is 79.4 Å². The number of hydrogen-bond donors (Lipinski definition) is 1. The van der Waals surface area contributed by atoms with Gasteiger partial charge in [0.05, 0.1) is 5.75 Å². The van der Waals surface area contributed by atoms with E-state index in [0.29, 0.717) is 11.0 Å². The van der Waals surface area contributed by atoms with E-state index in [4.69, 9.17) is 4.74 Å². The van der Waals surface area contributed by atoms with Crippen LogP contribution in [0.15, 0.2) is 64.6 Å². The van der Waals surface area contributed by atoms with E-state index in [1.165, 1.54) is 11.8 Å². The molecule has 0 unspecified atom stereocenters. The molecule has 0 spiro atoms. The Morgan fingerprint density at radius 3 is 2.71 bits per heavy atom. The molecule has 0 radical (unpaired) electrons. The molecule has 0 aliphatic heterocycles. The Morgan fingerprint density at radius 2 is 1.96 bits per heavy atom. The number of nitrogens with one attached hydrogen (secondary N) is 1. The number of hydrogen-bond acceptors (Lipinski definition) is 6. The highest BCUT2D eigenvalue weighted by Crippen LogP contribution is 2.24. The molecule has 146 valence electrons. The third-order valence-corrected chi connectivity index (χ3v) is 5.72. The van der Waals surface area contributed by atoms with Gasteiger partial charge in [-0.15, -0.1) is 22.0 Å². The summed E-state index contributed by atoms with van der Waals surface area (Å²) in [5.74, 6) is 1.66. The van der Waals surface area contributed by atoms with Crippen molar-refractivity contribution in [3.05, 3.63) is 60.4 Å². The van der Waals surface area contributed by atoms with E-state index < -0.39 is 0 Å². The van der Waals surface area contributed by atoms with Crippen LogP contribution in [0.3, 0.4) is 0 Å². The molecule has 28 heavy (non-hydrogen) atoms. The van der Waals surface area contributed by atoms with Crippen molar-refractivity contribution >= 4 is 35.1 Å². The van der Waals surface area contributed by atoms with Crippen molar-refractivity contribution in [1.29, 1.82) is 0 Å². The van der Waals surface area contributed by atoms with Gasteiger partial charge in [0.15, 0.2) is 17.1 Å². The molecule has 0 fully saturated rings. The Balaban J connectivity index is 1.57. The highest BCUT2D eigenvalue weighted by atomic mass is 32.2. The zero-order valence-corrected chi connectivity index (χ0v) is 17.6. The number of anilines is 1. The lowest BCUT2D eigenvalue weighted by Crippen LogP contribution is -2.15. The number of benzene rings is 2. The number of amides is 1. The van der Waals surface area contributed by atoms with E-state index in [-0.39, 0.29) is 17.8 Å². The second-order valence-corrected chi connectivity index (χ2v) is 7.86. The van der Waals surface area contributed by atoms with Gasteiger partial charge in [0.25, 0.3) is 0 Å². The predicted molar refractivity (Wildman–Crippen MR) is 114 cm³/mol. The molecule has 1 atom stereocenters. The summed E-state index contributed by atoms with van der Waals surface area (Å²) in [6.07, 6.45) is 1.75. The highest BCUT2D eigenvalue weighted by Gasteiger charge is 2.18. The minimum atomic E-state index is -0.252. The number of nitrogens with zero attached hydrogens (tertiary/aromatic N) is 3. The maximum absolute atomic E-state index is 12.3. The van der Waals surface area contributed by atoms with Crippen LogP contribution < -0.4 is 10.1 Å². The van der Waals surface area contributed by atoms with Gasteiger partial charge in [-0.2, -0.15) is 0 Å². The number of ether oxygens (including phenoxy) is 1. The van der Waals surface area contributed by atoms with Crippen molar-refractivity contribution in [2.24, 2.45) is 7.05 Å². The molecule has 1 heterocycles. The average molecular weight is 415 g/mol. The lowest BCUT2D eigenvalue weighted by molar-refractivity contribution is -0.113. The van der Waals surface area contributed by atoms with Gasteiger partial charge in [0.2, 0.25) is 5.91 Å². The molecule has 0 aliphatic rings. The fourth-order valence-electron chi connectivity index (χ4n) is 2.59. The van der Waals surface area contributed by atoms with Gasteiger partial charge in [-0.05, 0) is 43.5 Å². The van der Waals surface area contributed by atoms with Gasteiger partial charge in [0.1, 0.15) is 5.75 Å². The SMILES string of the molecule is CSc1cccc(NC(=O)CSc2nnc([C@@H](C)Oc3ccccc3)n2C)c1. The van der Waals surface area contributed by atoms with Crippen LogP contribution in [-0.4, -0.2) is 32.7 Å². The van der Waals surface area contributed by atoms with Crippen LogP contribution in [0.2, 0.25) is 0 Å². The minimum absolute atomic E-state index is 0.0820. The number of rotatable bonds is 8. The van der Waals surface area contributed by atoms with E-state index in [2.05, 4.69) is 15.5 Å². The lowest BCUT2D eigenvalue weighted by atomic mass is 10.3. The van der Waals surface area contributed by atoms with Crippen LogP contribution in [0.4, 0.5) is 5.69 Å². The first-order valence-corrected chi connectivity index (χ1v) is 11.0. The van der Waals surface area contributed by atoms with Crippen molar-refractivity contribution < 1.29 is 9.53 Å². The topological polar surface area (TPSA) is 69.0 Å². The Morgan fingerprint density at radius 1 is 1.18 bits per heavy atom. The molecule has 1 N–H and O–H groups in total. The van der Waals surface area contributed by atoms with Gasteiger partial charge < -0.3 is 14.6 Å². The van der Waals surface area contributed by atoms with Crippen molar-refractivity contribution in [1.82, 2.24) is 14.8 Å². The van der Waals surface area contributed by atoms with Gasteiger partial charge in [-0.25, -0.2) is 0 Å². The summed E-state index contributed by atoms with van der Waals surface area (Å²) in [6, 6.07) is 17.4. The average Bonchev–Trinajstić information content (AvgIpc) is 3.08. The first-order chi connectivity index (χ1) is 13.6. The molecule has 2 aromatic carbocycles. The minimum Gasteiger partial charge on any atom is -0.483 e. The van der Waals surface area contributed by atoms with E-state index in [0.717, 1.165) is 16.3 Å². The second kappa shape index (κ2) is 9.66. The molecule has 0 saturated carbocycles. The number of aromatic nitrogens is 3. The fourth-order valence-corrected chi connectivity index (χ4v) is 3.77.